The van der Waals surface area contributed by atoms with Gasteiger partial charge in [0.05, 0.1) is 7.11 Å². The number of hydrogen-bond donors (Lipinski definition) is 0. The fourth-order valence-electron chi connectivity index (χ4n) is 8.95. The first-order chi connectivity index (χ1) is 13.9. The van der Waals surface area contributed by atoms with Gasteiger partial charge in [0.25, 0.3) is 0 Å². The van der Waals surface area contributed by atoms with Gasteiger partial charge in [-0.3, -0.25) is 9.59 Å². The normalized spacial score (nSPS) is 45.6. The van der Waals surface area contributed by atoms with Crippen molar-refractivity contribution < 1.29 is 14.3 Å². The predicted octanol–water partition coefficient (Wildman–Crippen LogP) is 6.36. The first-order valence-corrected chi connectivity index (χ1v) is 12.2. The second-order valence-electron chi connectivity index (χ2n) is 12.3. The highest BCUT2D eigenvalue weighted by Crippen LogP contribution is 2.73. The van der Waals surface area contributed by atoms with Gasteiger partial charge < -0.3 is 4.74 Å². The molecule has 7 unspecified atom stereocenters. The second-order valence-corrected chi connectivity index (χ2v) is 12.3. The summed E-state index contributed by atoms with van der Waals surface area (Å²) < 4.78 is 4.98. The maximum atomic E-state index is 12.7. The van der Waals surface area contributed by atoms with E-state index in [1.807, 2.05) is 0 Å². The van der Waals surface area contributed by atoms with Crippen molar-refractivity contribution in [3.05, 3.63) is 11.6 Å². The van der Waals surface area contributed by atoms with Crippen LogP contribution in [-0.2, 0) is 14.3 Å². The molecule has 0 amide bonds. The molecule has 0 spiro atoms. The van der Waals surface area contributed by atoms with Crippen molar-refractivity contribution in [2.24, 2.45) is 45.3 Å². The Morgan fingerprint density at radius 2 is 1.83 bits per heavy atom. The fraction of sp³-hybridized carbons (Fsp3) is 0.852. The van der Waals surface area contributed by atoms with Crippen molar-refractivity contribution >= 4 is 11.8 Å². The van der Waals surface area contributed by atoms with Crippen LogP contribution in [0.25, 0.3) is 0 Å². The third-order valence-electron chi connectivity index (χ3n) is 11.0. The molecule has 3 saturated carbocycles. The summed E-state index contributed by atoms with van der Waals surface area (Å²) in [6.07, 6.45) is 10.9. The van der Waals surface area contributed by atoms with E-state index < -0.39 is 0 Å². The van der Waals surface area contributed by atoms with Crippen molar-refractivity contribution in [2.45, 2.75) is 92.9 Å². The summed E-state index contributed by atoms with van der Waals surface area (Å²) >= 11 is 0. The quantitative estimate of drug-likeness (QED) is 0.399. The molecule has 4 aliphatic carbocycles. The van der Waals surface area contributed by atoms with Crippen LogP contribution in [0.5, 0.6) is 0 Å². The molecule has 0 bridgehead atoms. The summed E-state index contributed by atoms with van der Waals surface area (Å²) in [6.45, 7) is 14.2. The molecular formula is C27H42O3. The van der Waals surface area contributed by atoms with Crippen LogP contribution in [0, 0.1) is 45.3 Å². The minimum absolute atomic E-state index is 0.0743. The lowest BCUT2D eigenvalue weighted by molar-refractivity contribution is -0.147. The fourth-order valence-corrected chi connectivity index (χ4v) is 8.95. The van der Waals surface area contributed by atoms with Crippen LogP contribution in [0.4, 0.5) is 0 Å². The van der Waals surface area contributed by atoms with Crippen molar-refractivity contribution in [2.75, 3.05) is 7.11 Å². The van der Waals surface area contributed by atoms with Crippen LogP contribution in [-0.4, -0.2) is 18.9 Å². The Hall–Kier alpha value is -1.12. The van der Waals surface area contributed by atoms with Crippen LogP contribution in [0.15, 0.2) is 11.6 Å². The summed E-state index contributed by atoms with van der Waals surface area (Å²) in [5.74, 6) is 2.39. The van der Waals surface area contributed by atoms with Crippen LogP contribution in [0.2, 0.25) is 0 Å². The smallest absolute Gasteiger partial charge is 0.305 e. The lowest BCUT2D eigenvalue weighted by atomic mass is 9.41. The summed E-state index contributed by atoms with van der Waals surface area (Å²) in [7, 11) is 1.50. The zero-order valence-electron chi connectivity index (χ0n) is 20.3. The Balaban J connectivity index is 1.68. The van der Waals surface area contributed by atoms with Gasteiger partial charge in [0.1, 0.15) is 5.78 Å². The third-order valence-corrected chi connectivity index (χ3v) is 11.0. The Labute approximate surface area is 183 Å². The highest BCUT2D eigenvalue weighted by atomic mass is 16.5. The number of esters is 1. The van der Waals surface area contributed by atoms with Gasteiger partial charge in [0, 0.05) is 18.3 Å². The zero-order chi connectivity index (χ0) is 22.1. The number of ketones is 1. The van der Waals surface area contributed by atoms with E-state index in [2.05, 4.69) is 47.6 Å². The van der Waals surface area contributed by atoms with Gasteiger partial charge in [-0.1, -0.05) is 53.2 Å². The summed E-state index contributed by atoms with van der Waals surface area (Å²) in [5.41, 5.74) is 2.19. The minimum atomic E-state index is -0.204. The lowest BCUT2D eigenvalue weighted by Crippen LogP contribution is -2.57. The van der Waals surface area contributed by atoms with Gasteiger partial charge in [-0.2, -0.15) is 0 Å². The molecule has 0 heterocycles. The third kappa shape index (κ3) is 2.75. The van der Waals surface area contributed by atoms with E-state index in [4.69, 9.17) is 4.74 Å². The Morgan fingerprint density at radius 3 is 2.50 bits per heavy atom. The van der Waals surface area contributed by atoms with Gasteiger partial charge in [0.2, 0.25) is 0 Å². The first kappa shape index (κ1) is 22.1. The largest absolute Gasteiger partial charge is 0.469 e. The molecular weight excluding hydrogens is 372 g/mol. The van der Waals surface area contributed by atoms with E-state index in [0.29, 0.717) is 35.9 Å². The van der Waals surface area contributed by atoms with E-state index in [0.717, 1.165) is 19.3 Å². The van der Waals surface area contributed by atoms with E-state index in [-0.39, 0.29) is 27.6 Å². The molecule has 0 aliphatic heterocycles. The molecule has 0 aromatic heterocycles. The molecule has 3 nitrogen and oxygen atoms in total. The van der Waals surface area contributed by atoms with E-state index in [1.54, 1.807) is 5.57 Å². The number of ether oxygens (including phenoxy) is 1. The van der Waals surface area contributed by atoms with Crippen molar-refractivity contribution in [1.82, 2.24) is 0 Å². The molecule has 7 atom stereocenters. The molecule has 3 fully saturated rings. The molecule has 0 aromatic carbocycles. The molecule has 3 heteroatoms. The van der Waals surface area contributed by atoms with Crippen LogP contribution in [0.1, 0.15) is 92.9 Å². The molecule has 168 valence electrons. The van der Waals surface area contributed by atoms with Crippen LogP contribution >= 0.6 is 0 Å². The number of Topliss-reactive ketones (excluding diaryl/α,β-unsaturated/α-hetero) is 1. The van der Waals surface area contributed by atoms with Gasteiger partial charge in [-0.05, 0) is 78.4 Å². The molecule has 4 aliphatic rings. The topological polar surface area (TPSA) is 43.4 Å². The van der Waals surface area contributed by atoms with Crippen LogP contribution < -0.4 is 0 Å². The van der Waals surface area contributed by atoms with E-state index in [1.165, 1.54) is 32.8 Å². The van der Waals surface area contributed by atoms with Crippen LogP contribution in [0.3, 0.4) is 0 Å². The Bertz CT molecular complexity index is 779. The standard InChI is InChI=1S/C27H42O3/c1-17(16-23(29)30-7)18-10-14-27(6)20-8-9-21-24(2,3)22(28)12-13-25(21,4)19(20)11-15-26(18,27)5/h8,17-19,21H,9-16H2,1-7H3. The zero-order valence-corrected chi connectivity index (χ0v) is 20.3. The maximum Gasteiger partial charge on any atom is 0.305 e. The number of carbonyl (C=O) groups excluding carboxylic acids is 2. The monoisotopic (exact) mass is 414 g/mol. The predicted molar refractivity (Wildman–Crippen MR) is 120 cm³/mol. The van der Waals surface area contributed by atoms with Crippen molar-refractivity contribution in [3.8, 4) is 0 Å². The number of carbonyl (C=O) groups is 2. The number of fused-ring (bicyclic) bond motifs is 5. The number of allylic oxidation sites excluding steroid dienone is 2. The molecule has 4 rings (SSSR count). The van der Waals surface area contributed by atoms with Crippen molar-refractivity contribution in [3.63, 3.8) is 0 Å². The molecule has 0 N–H and O–H groups in total. The van der Waals surface area contributed by atoms with Gasteiger partial charge in [-0.15, -0.1) is 0 Å². The average Bonchev–Trinajstić information content (AvgIpc) is 2.97. The molecule has 30 heavy (non-hydrogen) atoms. The molecule has 0 aromatic rings. The number of rotatable bonds is 3. The Morgan fingerprint density at radius 1 is 1.13 bits per heavy atom. The highest BCUT2D eigenvalue weighted by molar-refractivity contribution is 5.85. The van der Waals surface area contributed by atoms with Crippen molar-refractivity contribution in [1.29, 1.82) is 0 Å². The summed E-state index contributed by atoms with van der Waals surface area (Å²) in [5, 5.41) is 0. The SMILES string of the molecule is COC(=O)CC(C)C1CCC2(C)C3=CCC4C(C)(C)C(=O)CCC4(C)C3CCC12C. The highest BCUT2D eigenvalue weighted by Gasteiger charge is 2.65. The molecule has 0 saturated heterocycles. The van der Waals surface area contributed by atoms with Gasteiger partial charge in [0.15, 0.2) is 0 Å². The Kier molecular flexibility index (Phi) is 5.11. The van der Waals surface area contributed by atoms with Gasteiger partial charge in [-0.25, -0.2) is 0 Å². The van der Waals surface area contributed by atoms with Gasteiger partial charge >= 0.3 is 5.97 Å². The average molecular weight is 415 g/mol. The minimum Gasteiger partial charge on any atom is -0.469 e. The first-order valence-electron chi connectivity index (χ1n) is 12.2. The number of hydrogen-bond acceptors (Lipinski definition) is 3. The lowest BCUT2D eigenvalue weighted by Gasteiger charge is -2.63. The molecule has 0 radical (unpaired) electrons. The van der Waals surface area contributed by atoms with E-state index in [9.17, 15) is 9.59 Å². The maximum absolute atomic E-state index is 12.7. The summed E-state index contributed by atoms with van der Waals surface area (Å²) in [6, 6.07) is 0. The second kappa shape index (κ2) is 6.94. The van der Waals surface area contributed by atoms with E-state index >= 15 is 0 Å². The summed E-state index contributed by atoms with van der Waals surface area (Å²) in [4.78, 5) is 24.7. The number of methoxy groups -OCH3 is 1.